The normalized spacial score (nSPS) is 21.7. The van der Waals surface area contributed by atoms with E-state index in [-0.39, 0.29) is 54.3 Å². The Hall–Kier alpha value is -3.33. The molecular formula is C38H59N5O8. The molecule has 8 N–H and O–H groups in total. The van der Waals surface area contributed by atoms with E-state index in [2.05, 4.69) is 21.3 Å². The molecule has 13 heteroatoms. The molecule has 1 amide bonds. The zero-order valence-corrected chi connectivity index (χ0v) is 30.3. The maximum absolute atomic E-state index is 13.4. The molecule has 3 aliphatic rings. The number of phenolic OH excluding ortho intramolecular Hbond substituents is 1. The van der Waals surface area contributed by atoms with Crippen molar-refractivity contribution in [1.29, 1.82) is 0 Å². The lowest BCUT2D eigenvalue weighted by molar-refractivity contribution is -0.122. The number of carbonyl (C=O) groups is 1. The van der Waals surface area contributed by atoms with E-state index in [9.17, 15) is 15.0 Å². The molecule has 1 saturated heterocycles. The molecule has 2 heterocycles. The van der Waals surface area contributed by atoms with Crippen LogP contribution >= 0.6 is 0 Å². The summed E-state index contributed by atoms with van der Waals surface area (Å²) in [5.74, 6) is 0.646. The number of amides is 1. The van der Waals surface area contributed by atoms with Crippen molar-refractivity contribution >= 4 is 5.91 Å². The highest BCUT2D eigenvalue weighted by atomic mass is 16.7. The van der Waals surface area contributed by atoms with E-state index < -0.39 is 12.3 Å². The van der Waals surface area contributed by atoms with Crippen molar-refractivity contribution in [1.82, 2.24) is 21.3 Å². The minimum absolute atomic E-state index is 0.0383. The molecule has 5 rings (SSSR count). The minimum atomic E-state index is -1.06. The summed E-state index contributed by atoms with van der Waals surface area (Å²) in [6.45, 7) is 7.26. The van der Waals surface area contributed by atoms with Gasteiger partial charge in [-0.2, -0.15) is 0 Å². The van der Waals surface area contributed by atoms with Crippen LogP contribution in [0.5, 0.6) is 28.7 Å². The first-order valence-corrected chi connectivity index (χ1v) is 18.8. The van der Waals surface area contributed by atoms with Crippen molar-refractivity contribution in [2.24, 2.45) is 17.6 Å². The summed E-state index contributed by atoms with van der Waals surface area (Å²) < 4.78 is 28.3. The molecule has 2 aromatic rings. The van der Waals surface area contributed by atoms with Crippen LogP contribution in [0.2, 0.25) is 0 Å². The van der Waals surface area contributed by atoms with Gasteiger partial charge in [0.25, 0.3) is 0 Å². The van der Waals surface area contributed by atoms with Crippen LogP contribution in [0.1, 0.15) is 86.4 Å². The summed E-state index contributed by atoms with van der Waals surface area (Å²) in [6, 6.07) is 7.00. The number of phenols is 1. The molecule has 2 aliphatic heterocycles. The zero-order chi connectivity index (χ0) is 36.0. The first-order chi connectivity index (χ1) is 25.0. The number of ether oxygens (including phenoxy) is 5. The van der Waals surface area contributed by atoms with E-state index in [4.69, 9.17) is 29.4 Å². The van der Waals surface area contributed by atoms with Crippen molar-refractivity contribution in [3.63, 3.8) is 0 Å². The molecule has 0 saturated carbocycles. The number of aliphatic hydroxyl groups excluding tert-OH is 1. The smallest absolute Gasteiger partial charge is 0.231 e. The van der Waals surface area contributed by atoms with Crippen molar-refractivity contribution in [2.75, 3.05) is 73.4 Å². The number of unbranched alkanes of at least 4 members (excludes halogenated alkanes) is 4. The van der Waals surface area contributed by atoms with E-state index in [1.807, 2.05) is 12.1 Å². The van der Waals surface area contributed by atoms with Gasteiger partial charge in [0.15, 0.2) is 29.3 Å². The van der Waals surface area contributed by atoms with Gasteiger partial charge in [-0.1, -0.05) is 0 Å². The molecule has 1 unspecified atom stereocenters. The van der Waals surface area contributed by atoms with E-state index in [0.29, 0.717) is 17.9 Å². The molecular weight excluding hydrogens is 654 g/mol. The fraction of sp³-hybridized carbons (Fsp3) is 0.658. The lowest BCUT2D eigenvalue weighted by atomic mass is 9.65. The van der Waals surface area contributed by atoms with Crippen molar-refractivity contribution < 1.29 is 38.7 Å². The molecule has 0 aromatic heterocycles. The Bertz CT molecular complexity index is 1370. The van der Waals surface area contributed by atoms with Crippen LogP contribution in [0.4, 0.5) is 0 Å². The number of benzene rings is 2. The van der Waals surface area contributed by atoms with Gasteiger partial charge in [0.2, 0.25) is 18.4 Å². The van der Waals surface area contributed by atoms with Crippen LogP contribution in [0.15, 0.2) is 24.3 Å². The topological polar surface area (TPSA) is 178 Å². The van der Waals surface area contributed by atoms with Gasteiger partial charge in [-0.25, -0.2) is 0 Å². The second-order valence-electron chi connectivity index (χ2n) is 13.7. The molecule has 284 valence electrons. The predicted octanol–water partition coefficient (Wildman–Crippen LogP) is 3.26. The maximum Gasteiger partial charge on any atom is 0.231 e. The van der Waals surface area contributed by atoms with Crippen molar-refractivity contribution in [2.45, 2.75) is 76.0 Å². The SMILES string of the molecule is COc1cc([C@@H]2c3cc4c(cc3[C@@H](NC(=O)CCCCNCCCCNCCCCNCCCCN)[C@H]3COC(O)[C@H]23)OCO4)cc(OC)c1O. The number of methoxy groups -OCH3 is 2. The van der Waals surface area contributed by atoms with Crippen LogP contribution in [0.25, 0.3) is 0 Å². The molecule has 0 spiro atoms. The van der Waals surface area contributed by atoms with E-state index >= 15 is 0 Å². The number of hydrogen-bond donors (Lipinski definition) is 7. The molecule has 0 bridgehead atoms. The van der Waals surface area contributed by atoms with Gasteiger partial charge in [0, 0.05) is 24.2 Å². The monoisotopic (exact) mass is 713 g/mol. The van der Waals surface area contributed by atoms with Gasteiger partial charge >= 0.3 is 0 Å². The Kier molecular flexibility index (Phi) is 15.3. The van der Waals surface area contributed by atoms with Gasteiger partial charge < -0.3 is 60.9 Å². The summed E-state index contributed by atoms with van der Waals surface area (Å²) in [4.78, 5) is 13.4. The Morgan fingerprint density at radius 3 is 1.88 bits per heavy atom. The van der Waals surface area contributed by atoms with E-state index in [1.54, 1.807) is 12.1 Å². The Labute approximate surface area is 302 Å². The number of aromatic hydroxyl groups is 1. The van der Waals surface area contributed by atoms with Crippen LogP contribution in [-0.2, 0) is 9.53 Å². The average molecular weight is 714 g/mol. The van der Waals surface area contributed by atoms with Gasteiger partial charge in [-0.05, 0) is 138 Å². The van der Waals surface area contributed by atoms with Crippen molar-refractivity contribution in [3.8, 4) is 28.7 Å². The summed E-state index contributed by atoms with van der Waals surface area (Å²) in [5, 5.41) is 35.6. The third-order valence-corrected chi connectivity index (χ3v) is 10.3. The molecule has 0 radical (unpaired) electrons. The second kappa shape index (κ2) is 20.1. The number of hydrogen-bond acceptors (Lipinski definition) is 12. The molecule has 1 aliphatic carbocycles. The van der Waals surface area contributed by atoms with Gasteiger partial charge in [-0.15, -0.1) is 0 Å². The molecule has 51 heavy (non-hydrogen) atoms. The quantitative estimate of drug-likeness (QED) is 0.0838. The standard InChI is InChI=1S/C38H59N5O8/c1-47-31-19-25(20-32(48-2)37(31)45)34-26-21-29-30(51-24-50-29)22-27(26)36(28-23-49-38(46)35(28)34)43-33(44)11-3-5-13-40-15-7-9-17-42-18-10-8-16-41-14-6-4-12-39/h19-22,28,34-36,38,40-42,45-46H,3-18,23-24,39H2,1-2H3,(H,43,44)/t28-,34+,35-,36+,38?/m0/s1. The first kappa shape index (κ1) is 38.9. The summed E-state index contributed by atoms with van der Waals surface area (Å²) in [6.07, 6.45) is 7.93. The zero-order valence-electron chi connectivity index (χ0n) is 30.3. The third kappa shape index (κ3) is 10.2. The number of rotatable bonds is 23. The molecule has 2 aromatic carbocycles. The number of aliphatic hydroxyl groups is 1. The highest BCUT2D eigenvalue weighted by Crippen LogP contribution is 2.56. The predicted molar refractivity (Wildman–Crippen MR) is 195 cm³/mol. The Morgan fingerprint density at radius 2 is 1.33 bits per heavy atom. The summed E-state index contributed by atoms with van der Waals surface area (Å²) in [5.41, 5.74) is 8.08. The minimum Gasteiger partial charge on any atom is -0.502 e. The molecule has 13 nitrogen and oxygen atoms in total. The van der Waals surface area contributed by atoms with Gasteiger partial charge in [-0.3, -0.25) is 4.79 Å². The fourth-order valence-electron chi connectivity index (χ4n) is 7.55. The van der Waals surface area contributed by atoms with Gasteiger partial charge in [0.05, 0.1) is 26.9 Å². The maximum atomic E-state index is 13.4. The number of carbonyl (C=O) groups excluding carboxylic acids is 1. The Morgan fingerprint density at radius 1 is 0.804 bits per heavy atom. The molecule has 5 atom stereocenters. The van der Waals surface area contributed by atoms with Crippen LogP contribution in [-0.4, -0.2) is 95.8 Å². The average Bonchev–Trinajstić information content (AvgIpc) is 3.76. The summed E-state index contributed by atoms with van der Waals surface area (Å²) in [7, 11) is 2.97. The van der Waals surface area contributed by atoms with Crippen LogP contribution < -0.4 is 45.9 Å². The van der Waals surface area contributed by atoms with Crippen molar-refractivity contribution in [3.05, 3.63) is 41.0 Å². The highest BCUT2D eigenvalue weighted by Gasteiger charge is 2.52. The summed E-state index contributed by atoms with van der Waals surface area (Å²) >= 11 is 0. The van der Waals surface area contributed by atoms with Gasteiger partial charge in [0.1, 0.15) is 0 Å². The second-order valence-corrected chi connectivity index (χ2v) is 13.7. The van der Waals surface area contributed by atoms with Crippen LogP contribution in [0.3, 0.4) is 0 Å². The fourth-order valence-corrected chi connectivity index (χ4v) is 7.55. The first-order valence-electron chi connectivity index (χ1n) is 18.8. The van der Waals surface area contributed by atoms with Crippen LogP contribution in [0, 0.1) is 11.8 Å². The Balaban J connectivity index is 1.09. The number of fused-ring (bicyclic) bond motifs is 3. The lowest BCUT2D eigenvalue weighted by Gasteiger charge is -2.41. The van der Waals surface area contributed by atoms with E-state index in [1.165, 1.54) is 27.1 Å². The third-order valence-electron chi connectivity index (χ3n) is 10.3. The highest BCUT2D eigenvalue weighted by molar-refractivity contribution is 5.77. The molecule has 1 fully saturated rings. The van der Waals surface area contributed by atoms with E-state index in [0.717, 1.165) is 101 Å². The lowest BCUT2D eigenvalue weighted by Crippen LogP contribution is -2.43. The number of nitrogens with two attached hydrogens (primary N) is 1. The number of nitrogens with one attached hydrogen (secondary N) is 4. The largest absolute Gasteiger partial charge is 0.502 e.